The maximum atomic E-state index is 11.6. The standard InChI is InChI=1S/C12H17N3O/c1-8-6-7-11(9(2)13-8)15-12(16)14-10-4-3-5-10/h6-7,10H,3-5H2,1-2H3,(H2,14,15,16). The van der Waals surface area contributed by atoms with Gasteiger partial charge in [-0.3, -0.25) is 4.98 Å². The molecule has 2 amide bonds. The molecule has 0 aliphatic heterocycles. The molecule has 1 fully saturated rings. The van der Waals surface area contributed by atoms with E-state index in [1.807, 2.05) is 26.0 Å². The highest BCUT2D eigenvalue weighted by Gasteiger charge is 2.19. The fourth-order valence-corrected chi connectivity index (χ4v) is 1.72. The van der Waals surface area contributed by atoms with Gasteiger partial charge >= 0.3 is 6.03 Å². The van der Waals surface area contributed by atoms with Gasteiger partial charge in [-0.2, -0.15) is 0 Å². The van der Waals surface area contributed by atoms with Gasteiger partial charge in [-0.05, 0) is 45.2 Å². The molecule has 0 atom stereocenters. The van der Waals surface area contributed by atoms with Crippen LogP contribution in [0.15, 0.2) is 12.1 Å². The maximum absolute atomic E-state index is 11.6. The minimum absolute atomic E-state index is 0.126. The van der Waals surface area contributed by atoms with Crippen LogP contribution in [0.2, 0.25) is 0 Å². The van der Waals surface area contributed by atoms with Crippen LogP contribution in [-0.2, 0) is 0 Å². The van der Waals surface area contributed by atoms with Gasteiger partial charge in [0.2, 0.25) is 0 Å². The van der Waals surface area contributed by atoms with Crippen LogP contribution in [0.5, 0.6) is 0 Å². The Hall–Kier alpha value is -1.58. The average Bonchev–Trinajstić information content (AvgIpc) is 2.16. The Bertz CT molecular complexity index is 399. The third-order valence-corrected chi connectivity index (χ3v) is 2.91. The summed E-state index contributed by atoms with van der Waals surface area (Å²) in [5.74, 6) is 0. The minimum atomic E-state index is -0.126. The summed E-state index contributed by atoms with van der Waals surface area (Å²) in [5.41, 5.74) is 2.59. The second-order valence-corrected chi connectivity index (χ2v) is 4.31. The Balaban J connectivity index is 1.94. The number of urea groups is 1. The molecule has 4 nitrogen and oxygen atoms in total. The lowest BCUT2D eigenvalue weighted by molar-refractivity contribution is 0.240. The average molecular weight is 219 g/mol. The summed E-state index contributed by atoms with van der Waals surface area (Å²) in [6, 6.07) is 4.02. The second kappa shape index (κ2) is 4.51. The first-order valence-corrected chi connectivity index (χ1v) is 5.67. The van der Waals surface area contributed by atoms with Crippen LogP contribution in [0, 0.1) is 13.8 Å². The van der Waals surface area contributed by atoms with Crippen molar-refractivity contribution in [2.75, 3.05) is 5.32 Å². The molecule has 0 spiro atoms. The van der Waals surface area contributed by atoms with E-state index in [0.717, 1.165) is 29.9 Å². The van der Waals surface area contributed by atoms with Crippen LogP contribution >= 0.6 is 0 Å². The van der Waals surface area contributed by atoms with E-state index in [9.17, 15) is 4.79 Å². The number of carbonyl (C=O) groups is 1. The van der Waals surface area contributed by atoms with E-state index in [-0.39, 0.29) is 6.03 Å². The highest BCUT2D eigenvalue weighted by molar-refractivity contribution is 5.90. The normalized spacial score (nSPS) is 15.4. The van der Waals surface area contributed by atoms with Crippen LogP contribution in [0.4, 0.5) is 10.5 Å². The summed E-state index contributed by atoms with van der Waals surface area (Å²) in [4.78, 5) is 15.9. The third kappa shape index (κ3) is 2.51. The van der Waals surface area contributed by atoms with Crippen molar-refractivity contribution in [3.05, 3.63) is 23.5 Å². The molecular weight excluding hydrogens is 202 g/mol. The van der Waals surface area contributed by atoms with Gasteiger partial charge in [-0.1, -0.05) is 0 Å². The Morgan fingerprint density at radius 2 is 2.12 bits per heavy atom. The van der Waals surface area contributed by atoms with Gasteiger partial charge in [0, 0.05) is 11.7 Å². The first kappa shape index (κ1) is 10.9. The monoisotopic (exact) mass is 219 g/mol. The molecule has 2 rings (SSSR count). The van der Waals surface area contributed by atoms with Crippen molar-refractivity contribution in [1.82, 2.24) is 10.3 Å². The maximum Gasteiger partial charge on any atom is 0.319 e. The van der Waals surface area contributed by atoms with Gasteiger partial charge in [0.05, 0.1) is 11.4 Å². The summed E-state index contributed by atoms with van der Waals surface area (Å²) in [6.07, 6.45) is 3.41. The van der Waals surface area contributed by atoms with Gasteiger partial charge < -0.3 is 10.6 Å². The summed E-state index contributed by atoms with van der Waals surface area (Å²) >= 11 is 0. The van der Waals surface area contributed by atoms with Crippen LogP contribution < -0.4 is 10.6 Å². The number of hydrogen-bond donors (Lipinski definition) is 2. The fraction of sp³-hybridized carbons (Fsp3) is 0.500. The lowest BCUT2D eigenvalue weighted by Crippen LogP contribution is -2.41. The van der Waals surface area contributed by atoms with Crippen LogP contribution in [0.25, 0.3) is 0 Å². The molecule has 16 heavy (non-hydrogen) atoms. The predicted octanol–water partition coefficient (Wildman–Crippen LogP) is 2.37. The van der Waals surface area contributed by atoms with Gasteiger partial charge in [-0.15, -0.1) is 0 Å². The van der Waals surface area contributed by atoms with E-state index in [2.05, 4.69) is 15.6 Å². The number of hydrogen-bond acceptors (Lipinski definition) is 2. The Morgan fingerprint density at radius 3 is 2.69 bits per heavy atom. The SMILES string of the molecule is Cc1ccc(NC(=O)NC2CCC2)c(C)n1. The highest BCUT2D eigenvalue weighted by atomic mass is 16.2. The molecule has 0 radical (unpaired) electrons. The smallest absolute Gasteiger partial charge is 0.319 e. The van der Waals surface area contributed by atoms with Crippen molar-refractivity contribution in [2.45, 2.75) is 39.2 Å². The molecule has 0 unspecified atom stereocenters. The molecule has 4 heteroatoms. The number of pyridine rings is 1. The zero-order chi connectivity index (χ0) is 11.5. The highest BCUT2D eigenvalue weighted by Crippen LogP contribution is 2.18. The topological polar surface area (TPSA) is 54.0 Å². The molecule has 2 N–H and O–H groups in total. The van der Waals surface area contributed by atoms with Gasteiger partial charge in [0.1, 0.15) is 0 Å². The third-order valence-electron chi connectivity index (χ3n) is 2.91. The number of nitrogens with zero attached hydrogens (tertiary/aromatic N) is 1. The minimum Gasteiger partial charge on any atom is -0.335 e. The van der Waals surface area contributed by atoms with Crippen LogP contribution in [0.3, 0.4) is 0 Å². The second-order valence-electron chi connectivity index (χ2n) is 4.31. The largest absolute Gasteiger partial charge is 0.335 e. The molecule has 0 bridgehead atoms. The van der Waals surface area contributed by atoms with E-state index in [4.69, 9.17) is 0 Å². The van der Waals surface area contributed by atoms with Crippen molar-refractivity contribution in [3.8, 4) is 0 Å². The van der Waals surface area contributed by atoms with E-state index >= 15 is 0 Å². The zero-order valence-electron chi connectivity index (χ0n) is 9.71. The lowest BCUT2D eigenvalue weighted by atomic mass is 9.93. The summed E-state index contributed by atoms with van der Waals surface area (Å²) in [7, 11) is 0. The van der Waals surface area contributed by atoms with Crippen molar-refractivity contribution in [1.29, 1.82) is 0 Å². The first-order valence-electron chi connectivity index (χ1n) is 5.67. The number of rotatable bonds is 2. The molecule has 1 heterocycles. The van der Waals surface area contributed by atoms with Crippen molar-refractivity contribution in [3.63, 3.8) is 0 Å². The van der Waals surface area contributed by atoms with E-state index in [1.54, 1.807) is 0 Å². The summed E-state index contributed by atoms with van der Waals surface area (Å²) in [5, 5.41) is 5.75. The molecule has 0 saturated heterocycles. The molecule has 1 aliphatic rings. The summed E-state index contributed by atoms with van der Waals surface area (Å²) in [6.45, 7) is 3.83. The van der Waals surface area contributed by atoms with Crippen molar-refractivity contribution < 1.29 is 4.79 Å². The summed E-state index contributed by atoms with van der Waals surface area (Å²) < 4.78 is 0. The number of anilines is 1. The molecule has 1 aliphatic carbocycles. The molecular formula is C12H17N3O. The van der Waals surface area contributed by atoms with Gasteiger partial charge in [0.25, 0.3) is 0 Å². The molecule has 86 valence electrons. The Kier molecular flexibility index (Phi) is 3.08. The molecule has 1 aromatic rings. The number of aryl methyl sites for hydroxylation is 2. The van der Waals surface area contributed by atoms with Crippen molar-refractivity contribution >= 4 is 11.7 Å². The quantitative estimate of drug-likeness (QED) is 0.802. The molecule has 1 saturated carbocycles. The Labute approximate surface area is 95.5 Å². The molecule has 1 aromatic heterocycles. The van der Waals surface area contributed by atoms with Crippen molar-refractivity contribution in [2.24, 2.45) is 0 Å². The van der Waals surface area contributed by atoms with E-state index in [0.29, 0.717) is 6.04 Å². The zero-order valence-corrected chi connectivity index (χ0v) is 9.71. The Morgan fingerprint density at radius 1 is 1.38 bits per heavy atom. The number of aromatic nitrogens is 1. The first-order chi connectivity index (χ1) is 7.65. The van der Waals surface area contributed by atoms with E-state index < -0.39 is 0 Å². The number of amides is 2. The lowest BCUT2D eigenvalue weighted by Gasteiger charge is -2.26. The fourth-order valence-electron chi connectivity index (χ4n) is 1.72. The van der Waals surface area contributed by atoms with Gasteiger partial charge in [0.15, 0.2) is 0 Å². The van der Waals surface area contributed by atoms with Crippen LogP contribution in [-0.4, -0.2) is 17.1 Å². The predicted molar refractivity (Wildman–Crippen MR) is 63.5 cm³/mol. The number of carbonyl (C=O) groups excluding carboxylic acids is 1. The van der Waals surface area contributed by atoms with E-state index in [1.165, 1.54) is 6.42 Å². The van der Waals surface area contributed by atoms with Gasteiger partial charge in [-0.25, -0.2) is 4.79 Å². The van der Waals surface area contributed by atoms with Crippen LogP contribution in [0.1, 0.15) is 30.7 Å². The molecule has 0 aromatic carbocycles. The number of nitrogens with one attached hydrogen (secondary N) is 2.